The van der Waals surface area contributed by atoms with Crippen LogP contribution in [0.5, 0.6) is 0 Å². The van der Waals surface area contributed by atoms with Crippen LogP contribution in [-0.2, 0) is 6.42 Å². The van der Waals surface area contributed by atoms with Gasteiger partial charge in [0.2, 0.25) is 0 Å². The maximum absolute atomic E-state index is 6.01. The molecule has 0 radical (unpaired) electrons. The highest BCUT2D eigenvalue weighted by atomic mass is 35.5. The average molecular weight is 278 g/mol. The number of anilines is 1. The second-order valence-electron chi connectivity index (χ2n) is 4.59. The molecule has 1 aliphatic rings. The Morgan fingerprint density at radius 2 is 1.72 bits per heavy atom. The summed E-state index contributed by atoms with van der Waals surface area (Å²) in [7, 11) is 0. The monoisotopic (exact) mass is 277 g/mol. The van der Waals surface area contributed by atoms with E-state index in [-0.39, 0.29) is 0 Å². The minimum Gasteiger partial charge on any atom is -0.378 e. The van der Waals surface area contributed by atoms with E-state index in [1.54, 1.807) is 6.07 Å². The Morgan fingerprint density at radius 3 is 2.50 bits per heavy atom. The lowest BCUT2D eigenvalue weighted by molar-refractivity contribution is 0.762. The molecule has 2 aromatic carbocycles. The fourth-order valence-electron chi connectivity index (χ4n) is 2.55. The molecule has 0 spiro atoms. The summed E-state index contributed by atoms with van der Waals surface area (Å²) in [5, 5.41) is 4.84. The van der Waals surface area contributed by atoms with E-state index in [1.165, 1.54) is 11.1 Å². The molecular weight excluding hydrogens is 265 g/mol. The van der Waals surface area contributed by atoms with E-state index in [1.807, 2.05) is 12.1 Å². The molecule has 92 valence electrons. The molecule has 0 heterocycles. The Morgan fingerprint density at radius 1 is 1.00 bits per heavy atom. The van der Waals surface area contributed by atoms with Gasteiger partial charge in [-0.05, 0) is 42.2 Å². The molecule has 1 atom stereocenters. The molecule has 0 aromatic heterocycles. The molecule has 3 rings (SSSR count). The first-order chi connectivity index (χ1) is 8.72. The second kappa shape index (κ2) is 4.83. The Kier molecular flexibility index (Phi) is 3.19. The zero-order valence-electron chi connectivity index (χ0n) is 9.79. The summed E-state index contributed by atoms with van der Waals surface area (Å²) in [4.78, 5) is 0. The third kappa shape index (κ3) is 2.33. The molecule has 2 aromatic rings. The second-order valence-corrected chi connectivity index (χ2v) is 5.47. The van der Waals surface area contributed by atoms with E-state index in [4.69, 9.17) is 23.2 Å². The van der Waals surface area contributed by atoms with E-state index in [0.717, 1.165) is 18.5 Å². The Hall–Kier alpha value is -1.18. The van der Waals surface area contributed by atoms with Gasteiger partial charge in [0.05, 0.1) is 6.04 Å². The van der Waals surface area contributed by atoms with Crippen LogP contribution in [0.2, 0.25) is 10.0 Å². The molecule has 1 N–H and O–H groups in total. The van der Waals surface area contributed by atoms with Crippen LogP contribution in [0.3, 0.4) is 0 Å². The van der Waals surface area contributed by atoms with Crippen LogP contribution >= 0.6 is 23.2 Å². The fourth-order valence-corrected chi connectivity index (χ4v) is 3.07. The number of nitrogens with one attached hydrogen (secondary N) is 1. The smallest absolute Gasteiger partial charge is 0.0519 e. The van der Waals surface area contributed by atoms with Crippen molar-refractivity contribution in [3.8, 4) is 0 Å². The standard InChI is InChI=1S/C15H13Cl2N/c16-11-7-12(17)9-13(8-11)18-15-6-5-10-3-1-2-4-14(10)15/h1-4,7-9,15,18H,5-6H2. The first-order valence-electron chi connectivity index (χ1n) is 6.03. The highest BCUT2D eigenvalue weighted by molar-refractivity contribution is 6.35. The zero-order chi connectivity index (χ0) is 12.5. The predicted molar refractivity (Wildman–Crippen MR) is 77.6 cm³/mol. The lowest BCUT2D eigenvalue weighted by Crippen LogP contribution is -2.06. The van der Waals surface area contributed by atoms with Crippen molar-refractivity contribution in [2.75, 3.05) is 5.32 Å². The zero-order valence-corrected chi connectivity index (χ0v) is 11.3. The first-order valence-corrected chi connectivity index (χ1v) is 6.78. The Labute approximate surface area is 117 Å². The third-order valence-corrected chi connectivity index (χ3v) is 3.77. The average Bonchev–Trinajstić information content (AvgIpc) is 2.72. The molecular formula is C15H13Cl2N. The summed E-state index contributed by atoms with van der Waals surface area (Å²) in [6.45, 7) is 0. The van der Waals surface area contributed by atoms with Crippen molar-refractivity contribution < 1.29 is 0 Å². The predicted octanol–water partition coefficient (Wildman–Crippen LogP) is 5.09. The summed E-state index contributed by atoms with van der Waals surface area (Å²) in [5.74, 6) is 0. The van der Waals surface area contributed by atoms with Gasteiger partial charge in [-0.15, -0.1) is 0 Å². The van der Waals surface area contributed by atoms with Crippen LogP contribution in [-0.4, -0.2) is 0 Å². The van der Waals surface area contributed by atoms with E-state index >= 15 is 0 Å². The number of halogens is 2. The summed E-state index contributed by atoms with van der Waals surface area (Å²) in [5.41, 5.74) is 3.80. The number of rotatable bonds is 2. The van der Waals surface area contributed by atoms with Crippen LogP contribution in [0.1, 0.15) is 23.6 Å². The van der Waals surface area contributed by atoms with Crippen LogP contribution in [0.4, 0.5) is 5.69 Å². The van der Waals surface area contributed by atoms with Gasteiger partial charge in [0.15, 0.2) is 0 Å². The third-order valence-electron chi connectivity index (χ3n) is 3.34. The number of aryl methyl sites for hydroxylation is 1. The maximum Gasteiger partial charge on any atom is 0.0519 e. The molecule has 0 aliphatic heterocycles. The van der Waals surface area contributed by atoms with Crippen LogP contribution in [0, 0.1) is 0 Å². The van der Waals surface area contributed by atoms with Crippen molar-refractivity contribution in [2.45, 2.75) is 18.9 Å². The summed E-state index contributed by atoms with van der Waals surface area (Å²) < 4.78 is 0. The molecule has 18 heavy (non-hydrogen) atoms. The number of fused-ring (bicyclic) bond motifs is 1. The van der Waals surface area contributed by atoms with Gasteiger partial charge in [-0.1, -0.05) is 47.5 Å². The van der Waals surface area contributed by atoms with Crippen molar-refractivity contribution in [2.24, 2.45) is 0 Å². The first kappa shape index (κ1) is 11.9. The highest BCUT2D eigenvalue weighted by Gasteiger charge is 2.21. The molecule has 3 heteroatoms. The fraction of sp³-hybridized carbons (Fsp3) is 0.200. The Balaban J connectivity index is 1.86. The van der Waals surface area contributed by atoms with Crippen molar-refractivity contribution >= 4 is 28.9 Å². The van der Waals surface area contributed by atoms with Gasteiger partial charge in [-0.3, -0.25) is 0 Å². The van der Waals surface area contributed by atoms with Gasteiger partial charge in [0.1, 0.15) is 0 Å². The SMILES string of the molecule is Clc1cc(Cl)cc(NC2CCc3ccccc32)c1. The van der Waals surface area contributed by atoms with E-state index in [9.17, 15) is 0 Å². The molecule has 0 bridgehead atoms. The van der Waals surface area contributed by atoms with Crippen LogP contribution in [0.25, 0.3) is 0 Å². The van der Waals surface area contributed by atoms with Crippen LogP contribution < -0.4 is 5.32 Å². The topological polar surface area (TPSA) is 12.0 Å². The lowest BCUT2D eigenvalue weighted by Gasteiger charge is -2.16. The van der Waals surface area contributed by atoms with Crippen molar-refractivity contribution in [1.82, 2.24) is 0 Å². The van der Waals surface area contributed by atoms with Gasteiger partial charge in [0.25, 0.3) is 0 Å². The van der Waals surface area contributed by atoms with Crippen LogP contribution in [0.15, 0.2) is 42.5 Å². The van der Waals surface area contributed by atoms with E-state index in [0.29, 0.717) is 16.1 Å². The van der Waals surface area contributed by atoms with E-state index in [2.05, 4.69) is 29.6 Å². The molecule has 1 unspecified atom stereocenters. The number of benzene rings is 2. The summed E-state index contributed by atoms with van der Waals surface area (Å²) in [6, 6.07) is 14.5. The van der Waals surface area contributed by atoms with Gasteiger partial charge >= 0.3 is 0 Å². The largest absolute Gasteiger partial charge is 0.378 e. The van der Waals surface area contributed by atoms with Crippen molar-refractivity contribution in [1.29, 1.82) is 0 Å². The van der Waals surface area contributed by atoms with Crippen molar-refractivity contribution in [3.63, 3.8) is 0 Å². The van der Waals surface area contributed by atoms with Crippen molar-refractivity contribution in [3.05, 3.63) is 63.6 Å². The quantitative estimate of drug-likeness (QED) is 0.806. The maximum atomic E-state index is 6.01. The van der Waals surface area contributed by atoms with Gasteiger partial charge in [-0.25, -0.2) is 0 Å². The lowest BCUT2D eigenvalue weighted by atomic mass is 10.1. The summed E-state index contributed by atoms with van der Waals surface area (Å²) in [6.07, 6.45) is 2.24. The minimum absolute atomic E-state index is 0.357. The highest BCUT2D eigenvalue weighted by Crippen LogP contribution is 2.34. The van der Waals surface area contributed by atoms with E-state index < -0.39 is 0 Å². The molecule has 0 saturated heterocycles. The Bertz CT molecular complexity index is 560. The minimum atomic E-state index is 0.357. The van der Waals surface area contributed by atoms with Gasteiger partial charge in [-0.2, -0.15) is 0 Å². The summed E-state index contributed by atoms with van der Waals surface area (Å²) >= 11 is 12.0. The molecule has 1 nitrogen and oxygen atoms in total. The normalized spacial score (nSPS) is 17.6. The molecule has 0 fully saturated rings. The number of hydrogen-bond acceptors (Lipinski definition) is 1. The molecule has 0 amide bonds. The number of hydrogen-bond donors (Lipinski definition) is 1. The van der Waals surface area contributed by atoms with Gasteiger partial charge in [0, 0.05) is 15.7 Å². The molecule has 1 aliphatic carbocycles. The molecule has 0 saturated carbocycles. The van der Waals surface area contributed by atoms with Gasteiger partial charge < -0.3 is 5.32 Å².